The van der Waals surface area contributed by atoms with E-state index in [0.717, 1.165) is 23.7 Å². The number of hydrogen-bond donors (Lipinski definition) is 0. The van der Waals surface area contributed by atoms with Crippen molar-refractivity contribution in [3.8, 4) is 0 Å². The predicted octanol–water partition coefficient (Wildman–Crippen LogP) is 7.54. The van der Waals surface area contributed by atoms with Gasteiger partial charge in [-0.05, 0) is 71.6 Å². The molecule has 4 nitrogen and oxygen atoms in total. The maximum Gasteiger partial charge on any atom is 0.115 e. The van der Waals surface area contributed by atoms with Crippen LogP contribution in [0.1, 0.15) is 99.3 Å². The first-order chi connectivity index (χ1) is 18.6. The maximum absolute atomic E-state index is 6.29. The zero-order valence-electron chi connectivity index (χ0n) is 23.4. The SMILES string of the molecule is CC1CCC(c2ccc(CO[C@H]3CO[C@H]4[C@@H]3OC[C@H]4OCc3ccc(C4CCC(C)CC4)cc3)cc2)CC1. The molecule has 2 aromatic rings. The minimum absolute atomic E-state index is 0.0365. The molecule has 0 N–H and O–H groups in total. The van der Waals surface area contributed by atoms with Crippen LogP contribution >= 0.6 is 0 Å². The molecule has 0 radical (unpaired) electrons. The highest BCUT2D eigenvalue weighted by Gasteiger charge is 2.48. The fraction of sp³-hybridized carbons (Fsp3) is 0.647. The van der Waals surface area contributed by atoms with Gasteiger partial charge in [0.05, 0.1) is 26.4 Å². The van der Waals surface area contributed by atoms with Crippen molar-refractivity contribution in [3.05, 3.63) is 70.8 Å². The summed E-state index contributed by atoms with van der Waals surface area (Å²) >= 11 is 0. The Hall–Kier alpha value is -1.72. The van der Waals surface area contributed by atoms with Crippen LogP contribution in [0.25, 0.3) is 0 Å². The highest BCUT2D eigenvalue weighted by molar-refractivity contribution is 5.26. The van der Waals surface area contributed by atoms with Gasteiger partial charge in [0.15, 0.2) is 0 Å². The minimum atomic E-state index is -0.0421. The van der Waals surface area contributed by atoms with Crippen LogP contribution < -0.4 is 0 Å². The molecule has 0 spiro atoms. The largest absolute Gasteiger partial charge is 0.370 e. The van der Waals surface area contributed by atoms with Crippen molar-refractivity contribution in [1.82, 2.24) is 0 Å². The van der Waals surface area contributed by atoms with Gasteiger partial charge in [0.2, 0.25) is 0 Å². The molecule has 0 amide bonds. The highest BCUT2D eigenvalue weighted by Crippen LogP contribution is 2.37. The number of ether oxygens (including phenoxy) is 4. The molecule has 6 rings (SSSR count). The van der Waals surface area contributed by atoms with E-state index in [1.807, 2.05) is 0 Å². The molecule has 4 fully saturated rings. The van der Waals surface area contributed by atoms with E-state index in [0.29, 0.717) is 26.4 Å². The van der Waals surface area contributed by atoms with Gasteiger partial charge in [-0.1, -0.05) is 88.1 Å². The van der Waals surface area contributed by atoms with Crippen LogP contribution in [0.15, 0.2) is 48.5 Å². The average molecular weight is 519 g/mol. The molecule has 2 saturated carbocycles. The van der Waals surface area contributed by atoms with E-state index in [4.69, 9.17) is 18.9 Å². The lowest BCUT2D eigenvalue weighted by Gasteiger charge is -2.26. The molecule has 2 aliphatic heterocycles. The summed E-state index contributed by atoms with van der Waals surface area (Å²) in [5.41, 5.74) is 5.42. The second kappa shape index (κ2) is 12.2. The van der Waals surface area contributed by atoms with Crippen molar-refractivity contribution in [3.63, 3.8) is 0 Å². The van der Waals surface area contributed by atoms with Gasteiger partial charge < -0.3 is 18.9 Å². The number of benzene rings is 2. The molecule has 38 heavy (non-hydrogen) atoms. The van der Waals surface area contributed by atoms with E-state index in [9.17, 15) is 0 Å². The summed E-state index contributed by atoms with van der Waals surface area (Å²) < 4.78 is 24.8. The van der Waals surface area contributed by atoms with Crippen molar-refractivity contribution in [2.24, 2.45) is 11.8 Å². The Bertz CT molecular complexity index is 918. The summed E-state index contributed by atoms with van der Waals surface area (Å²) in [5.74, 6) is 3.24. The summed E-state index contributed by atoms with van der Waals surface area (Å²) in [6.45, 7) is 7.10. The zero-order chi connectivity index (χ0) is 25.9. The third kappa shape index (κ3) is 6.20. The molecular weight excluding hydrogens is 472 g/mol. The van der Waals surface area contributed by atoms with Gasteiger partial charge in [-0.3, -0.25) is 0 Å². The Morgan fingerprint density at radius 2 is 0.921 bits per heavy atom. The van der Waals surface area contributed by atoms with Crippen molar-refractivity contribution in [2.45, 2.75) is 115 Å². The van der Waals surface area contributed by atoms with Crippen molar-refractivity contribution in [2.75, 3.05) is 13.2 Å². The monoisotopic (exact) mass is 518 g/mol. The van der Waals surface area contributed by atoms with Gasteiger partial charge in [0.25, 0.3) is 0 Å². The Morgan fingerprint density at radius 1 is 0.553 bits per heavy atom. The fourth-order valence-electron chi connectivity index (χ4n) is 7.08. The third-order valence-electron chi connectivity index (χ3n) is 9.82. The summed E-state index contributed by atoms with van der Waals surface area (Å²) in [7, 11) is 0. The molecule has 206 valence electrons. The predicted molar refractivity (Wildman–Crippen MR) is 150 cm³/mol. The van der Waals surface area contributed by atoms with Crippen LogP contribution in [0.3, 0.4) is 0 Å². The van der Waals surface area contributed by atoms with Crippen molar-refractivity contribution < 1.29 is 18.9 Å². The van der Waals surface area contributed by atoms with E-state index in [1.165, 1.54) is 73.6 Å². The summed E-state index contributed by atoms with van der Waals surface area (Å²) in [4.78, 5) is 0. The van der Waals surface area contributed by atoms with E-state index < -0.39 is 0 Å². The second-order valence-corrected chi connectivity index (χ2v) is 12.7. The maximum atomic E-state index is 6.29. The van der Waals surface area contributed by atoms with Crippen molar-refractivity contribution in [1.29, 1.82) is 0 Å². The standard InChI is InChI=1S/C34H46O4/c1-23-3-11-27(12-4-23)29-15-7-25(8-16-29)19-35-31-21-37-34-32(22-38-33(31)34)36-20-26-9-17-30(18-10-26)28-13-5-24(2)6-14-28/h7-10,15-18,23-24,27-28,31-34H,3-6,11-14,19-22H2,1-2H3/t23?,24?,27?,28?,31-,32+,33-,34-/m1/s1. The molecule has 2 heterocycles. The molecule has 4 atom stereocenters. The lowest BCUT2D eigenvalue weighted by atomic mass is 9.79. The quantitative estimate of drug-likeness (QED) is 0.362. The number of fused-ring (bicyclic) bond motifs is 1. The molecule has 2 aliphatic carbocycles. The lowest BCUT2D eigenvalue weighted by molar-refractivity contribution is -0.0580. The van der Waals surface area contributed by atoms with Gasteiger partial charge in [0, 0.05) is 0 Å². The molecule has 0 unspecified atom stereocenters. The Balaban J connectivity index is 0.947. The minimum Gasteiger partial charge on any atom is -0.370 e. The molecule has 2 aromatic carbocycles. The van der Waals surface area contributed by atoms with Gasteiger partial charge in [-0.15, -0.1) is 0 Å². The smallest absolute Gasteiger partial charge is 0.115 e. The van der Waals surface area contributed by atoms with E-state index >= 15 is 0 Å². The molecule has 2 saturated heterocycles. The summed E-state index contributed by atoms with van der Waals surface area (Å²) in [6.07, 6.45) is 10.6. The van der Waals surface area contributed by atoms with E-state index in [-0.39, 0.29) is 24.4 Å². The molecule has 4 aliphatic rings. The molecule has 4 heteroatoms. The van der Waals surface area contributed by atoms with Crippen LogP contribution in [0.4, 0.5) is 0 Å². The first kappa shape index (κ1) is 26.5. The van der Waals surface area contributed by atoms with Gasteiger partial charge in [-0.25, -0.2) is 0 Å². The lowest BCUT2D eigenvalue weighted by Crippen LogP contribution is -2.34. The van der Waals surface area contributed by atoms with Gasteiger partial charge >= 0.3 is 0 Å². The van der Waals surface area contributed by atoms with E-state index in [1.54, 1.807) is 0 Å². The molecule has 0 aromatic heterocycles. The first-order valence-electron chi connectivity index (χ1n) is 15.3. The van der Waals surface area contributed by atoms with E-state index in [2.05, 4.69) is 62.4 Å². The Morgan fingerprint density at radius 3 is 1.29 bits per heavy atom. The van der Waals surface area contributed by atoms with Crippen LogP contribution in [-0.4, -0.2) is 37.6 Å². The molecular formula is C34H46O4. The fourth-order valence-corrected chi connectivity index (χ4v) is 7.08. The van der Waals surface area contributed by atoms with Crippen LogP contribution in [0, 0.1) is 11.8 Å². The number of rotatable bonds is 8. The summed E-state index contributed by atoms with van der Waals surface area (Å²) in [5, 5.41) is 0. The Labute approximate surface area is 229 Å². The number of hydrogen-bond acceptors (Lipinski definition) is 4. The first-order valence-corrected chi connectivity index (χ1v) is 15.3. The second-order valence-electron chi connectivity index (χ2n) is 12.7. The summed E-state index contributed by atoms with van der Waals surface area (Å²) in [6, 6.07) is 18.2. The highest BCUT2D eigenvalue weighted by atomic mass is 16.6. The van der Waals surface area contributed by atoms with Crippen LogP contribution in [-0.2, 0) is 32.2 Å². The van der Waals surface area contributed by atoms with Gasteiger partial charge in [0.1, 0.15) is 24.4 Å². The van der Waals surface area contributed by atoms with Gasteiger partial charge in [-0.2, -0.15) is 0 Å². The van der Waals surface area contributed by atoms with Crippen molar-refractivity contribution >= 4 is 0 Å². The normalized spacial score (nSPS) is 35.3. The van der Waals surface area contributed by atoms with Crippen LogP contribution in [0.2, 0.25) is 0 Å². The zero-order valence-corrected chi connectivity index (χ0v) is 23.4. The third-order valence-corrected chi connectivity index (χ3v) is 9.82. The van der Waals surface area contributed by atoms with Crippen LogP contribution in [0.5, 0.6) is 0 Å². The topological polar surface area (TPSA) is 36.9 Å². The molecule has 0 bridgehead atoms. The average Bonchev–Trinajstić information content (AvgIpc) is 3.55. The Kier molecular flexibility index (Phi) is 8.51.